The number of anilines is 2. The fourth-order valence-corrected chi connectivity index (χ4v) is 4.80. The van der Waals surface area contributed by atoms with Crippen LogP contribution >= 0.6 is 0 Å². The van der Waals surface area contributed by atoms with Gasteiger partial charge < -0.3 is 29.6 Å². The van der Waals surface area contributed by atoms with E-state index in [0.717, 1.165) is 50.0 Å². The number of aromatic nitrogens is 4. The molecule has 2 fully saturated rings. The van der Waals surface area contributed by atoms with E-state index in [4.69, 9.17) is 9.47 Å². The minimum Gasteiger partial charge on any atom is -0.488 e. The van der Waals surface area contributed by atoms with Gasteiger partial charge in [-0.2, -0.15) is 0 Å². The first kappa shape index (κ1) is 28.8. The Hall–Kier alpha value is -3.73. The number of aryl methyl sites for hydroxylation is 1. The molecule has 11 nitrogen and oxygen atoms in total. The highest BCUT2D eigenvalue weighted by Crippen LogP contribution is 2.33. The SMILES string of the molecule is C.C.CNC(=O)c1ccnc(NC2CCC(Oc3cc(N4CCOCC4)cc4ncc(=O)n(C)c34)CC2)n1. The molecule has 38 heavy (non-hydrogen) atoms. The van der Waals surface area contributed by atoms with Gasteiger partial charge in [0.1, 0.15) is 17.0 Å². The smallest absolute Gasteiger partial charge is 0.269 e. The summed E-state index contributed by atoms with van der Waals surface area (Å²) in [5.74, 6) is 0.887. The molecule has 5 rings (SSSR count). The van der Waals surface area contributed by atoms with Crippen LogP contribution in [0.25, 0.3) is 11.0 Å². The molecular weight excluding hydrogens is 486 g/mol. The predicted octanol–water partition coefficient (Wildman–Crippen LogP) is 2.99. The molecule has 1 aliphatic carbocycles. The van der Waals surface area contributed by atoms with Gasteiger partial charge in [0.2, 0.25) is 5.95 Å². The average Bonchev–Trinajstić information content (AvgIpc) is 2.92. The van der Waals surface area contributed by atoms with Gasteiger partial charge in [0, 0.05) is 51.2 Å². The number of carbonyl (C=O) groups is 1. The van der Waals surface area contributed by atoms with Gasteiger partial charge in [-0.25, -0.2) is 15.0 Å². The van der Waals surface area contributed by atoms with E-state index in [1.54, 1.807) is 30.9 Å². The van der Waals surface area contributed by atoms with Crippen molar-refractivity contribution in [2.75, 3.05) is 43.6 Å². The number of amides is 1. The van der Waals surface area contributed by atoms with Crippen LogP contribution in [0.15, 0.2) is 35.4 Å². The zero-order valence-electron chi connectivity index (χ0n) is 20.6. The van der Waals surface area contributed by atoms with E-state index >= 15 is 0 Å². The summed E-state index contributed by atoms with van der Waals surface area (Å²) in [6.45, 7) is 2.97. The van der Waals surface area contributed by atoms with Gasteiger partial charge in [-0.3, -0.25) is 9.59 Å². The Morgan fingerprint density at radius 2 is 1.84 bits per heavy atom. The third-order valence-corrected chi connectivity index (χ3v) is 6.81. The second-order valence-electron chi connectivity index (χ2n) is 9.15. The third kappa shape index (κ3) is 6.21. The molecule has 0 unspecified atom stereocenters. The molecule has 1 saturated carbocycles. The zero-order chi connectivity index (χ0) is 25.1. The van der Waals surface area contributed by atoms with Crippen LogP contribution in [0.2, 0.25) is 0 Å². The summed E-state index contributed by atoms with van der Waals surface area (Å²) in [5.41, 5.74) is 2.63. The number of hydrogen-bond donors (Lipinski definition) is 2. The van der Waals surface area contributed by atoms with E-state index in [1.807, 2.05) is 12.1 Å². The van der Waals surface area contributed by atoms with Crippen LogP contribution < -0.4 is 25.8 Å². The van der Waals surface area contributed by atoms with E-state index < -0.39 is 0 Å². The van der Waals surface area contributed by atoms with Crippen molar-refractivity contribution in [2.45, 2.75) is 52.7 Å². The fraction of sp³-hybridized carbons (Fsp3) is 0.519. The van der Waals surface area contributed by atoms with Gasteiger partial charge in [-0.05, 0) is 37.8 Å². The summed E-state index contributed by atoms with van der Waals surface area (Å²) in [6.07, 6.45) is 6.37. The van der Waals surface area contributed by atoms with Gasteiger partial charge in [0.05, 0.1) is 31.0 Å². The van der Waals surface area contributed by atoms with Crippen molar-refractivity contribution in [1.29, 1.82) is 0 Å². The van der Waals surface area contributed by atoms with Gasteiger partial charge in [-0.15, -0.1) is 0 Å². The Morgan fingerprint density at radius 1 is 1.11 bits per heavy atom. The Morgan fingerprint density at radius 3 is 2.55 bits per heavy atom. The Balaban J connectivity index is 0.00000200. The second-order valence-corrected chi connectivity index (χ2v) is 9.15. The lowest BCUT2D eigenvalue weighted by molar-refractivity contribution is 0.0958. The lowest BCUT2D eigenvalue weighted by Gasteiger charge is -2.32. The average molecular weight is 526 g/mol. The molecule has 0 radical (unpaired) electrons. The molecule has 1 amide bonds. The summed E-state index contributed by atoms with van der Waals surface area (Å²) < 4.78 is 13.6. The molecule has 0 spiro atoms. The van der Waals surface area contributed by atoms with Crippen molar-refractivity contribution in [1.82, 2.24) is 24.8 Å². The maximum absolute atomic E-state index is 12.3. The molecule has 3 heterocycles. The van der Waals surface area contributed by atoms with Gasteiger partial charge in [0.25, 0.3) is 11.5 Å². The molecule has 2 aromatic heterocycles. The minimum absolute atomic E-state index is 0. The first-order chi connectivity index (χ1) is 17.5. The van der Waals surface area contributed by atoms with Crippen LogP contribution in [0.1, 0.15) is 51.0 Å². The summed E-state index contributed by atoms with van der Waals surface area (Å²) in [5, 5.41) is 5.93. The molecule has 2 N–H and O–H groups in total. The normalized spacial score (nSPS) is 19.2. The summed E-state index contributed by atoms with van der Waals surface area (Å²) in [6, 6.07) is 5.82. The van der Waals surface area contributed by atoms with E-state index in [9.17, 15) is 9.59 Å². The molecule has 0 bridgehead atoms. The highest BCUT2D eigenvalue weighted by molar-refractivity contribution is 5.92. The number of nitrogens with one attached hydrogen (secondary N) is 2. The Bertz CT molecular complexity index is 1300. The van der Waals surface area contributed by atoms with Gasteiger partial charge >= 0.3 is 0 Å². The quantitative estimate of drug-likeness (QED) is 0.500. The number of fused-ring (bicyclic) bond motifs is 1. The maximum atomic E-state index is 12.3. The van der Waals surface area contributed by atoms with Crippen LogP contribution in [0.4, 0.5) is 11.6 Å². The van der Waals surface area contributed by atoms with Crippen molar-refractivity contribution in [3.63, 3.8) is 0 Å². The lowest BCUT2D eigenvalue weighted by Crippen LogP contribution is -2.36. The highest BCUT2D eigenvalue weighted by Gasteiger charge is 2.25. The number of rotatable bonds is 6. The van der Waals surface area contributed by atoms with E-state index in [-0.39, 0.29) is 38.5 Å². The molecule has 11 heteroatoms. The number of morpholine rings is 1. The van der Waals surface area contributed by atoms with Crippen molar-refractivity contribution in [3.05, 3.63) is 46.6 Å². The van der Waals surface area contributed by atoms with Crippen molar-refractivity contribution < 1.29 is 14.3 Å². The molecule has 2 aliphatic rings. The summed E-state index contributed by atoms with van der Waals surface area (Å²) in [7, 11) is 3.33. The molecule has 0 atom stereocenters. The number of benzene rings is 1. The zero-order valence-corrected chi connectivity index (χ0v) is 20.6. The van der Waals surface area contributed by atoms with E-state index in [0.29, 0.717) is 36.1 Å². The largest absolute Gasteiger partial charge is 0.488 e. The highest BCUT2D eigenvalue weighted by atomic mass is 16.5. The number of carbonyl (C=O) groups excluding carboxylic acids is 1. The second kappa shape index (κ2) is 12.7. The number of nitrogens with zero attached hydrogens (tertiary/aromatic N) is 5. The van der Waals surface area contributed by atoms with Crippen molar-refractivity contribution in [3.8, 4) is 5.75 Å². The maximum Gasteiger partial charge on any atom is 0.269 e. The molecule has 1 saturated heterocycles. The molecular formula is C27H39N7O4. The van der Waals surface area contributed by atoms with Crippen LogP contribution in [0, 0.1) is 0 Å². The first-order valence-corrected chi connectivity index (χ1v) is 12.3. The lowest BCUT2D eigenvalue weighted by atomic mass is 9.93. The minimum atomic E-state index is -0.243. The van der Waals surface area contributed by atoms with Crippen LogP contribution in [0.5, 0.6) is 5.75 Å². The first-order valence-electron chi connectivity index (χ1n) is 12.3. The number of hydrogen-bond acceptors (Lipinski definition) is 9. The van der Waals surface area contributed by atoms with Gasteiger partial charge in [-0.1, -0.05) is 14.9 Å². The van der Waals surface area contributed by atoms with Crippen LogP contribution in [-0.2, 0) is 11.8 Å². The topological polar surface area (TPSA) is 124 Å². The molecule has 1 aromatic carbocycles. The Kier molecular flexibility index (Phi) is 9.62. The molecule has 3 aromatic rings. The number of ether oxygens (including phenoxy) is 2. The molecule has 1 aliphatic heterocycles. The van der Waals surface area contributed by atoms with Crippen molar-refractivity contribution in [2.24, 2.45) is 7.05 Å². The fourth-order valence-electron chi connectivity index (χ4n) is 4.80. The van der Waals surface area contributed by atoms with E-state index in [2.05, 4.69) is 30.5 Å². The Labute approximate surface area is 223 Å². The van der Waals surface area contributed by atoms with Crippen LogP contribution in [0.3, 0.4) is 0 Å². The predicted molar refractivity (Wildman–Crippen MR) is 149 cm³/mol. The molecule has 206 valence electrons. The third-order valence-electron chi connectivity index (χ3n) is 6.81. The monoisotopic (exact) mass is 525 g/mol. The van der Waals surface area contributed by atoms with Crippen LogP contribution in [-0.4, -0.2) is 70.9 Å². The van der Waals surface area contributed by atoms with Crippen molar-refractivity contribution >= 4 is 28.6 Å². The summed E-state index contributed by atoms with van der Waals surface area (Å²) >= 11 is 0. The standard InChI is InChI=1S/C25H31N7O4.2CH4/c1-26-24(34)19-7-8-27-25(30-19)29-16-3-5-18(6-4-16)36-21-14-17(32-9-11-35-12-10-32)13-20-23(21)31(2)22(33)15-28-20;;/h7-8,13-16,18H,3-6,9-12H2,1-2H3,(H,26,34)(H,27,29,30);2*1H4. The van der Waals surface area contributed by atoms with E-state index in [1.165, 1.54) is 6.20 Å². The van der Waals surface area contributed by atoms with Gasteiger partial charge in [0.15, 0.2) is 0 Å². The summed E-state index contributed by atoms with van der Waals surface area (Å²) in [4.78, 5) is 39.4.